The second-order valence-corrected chi connectivity index (χ2v) is 3.12. The topological polar surface area (TPSA) is 39.9 Å². The Balaban J connectivity index is 2.51. The highest BCUT2D eigenvalue weighted by Crippen LogP contribution is 2.16. The fraction of sp³-hybridized carbons (Fsp3) is 0.182. The molecule has 0 aliphatic heterocycles. The van der Waals surface area contributed by atoms with Crippen LogP contribution in [0.5, 0.6) is 5.75 Å². The first kappa shape index (κ1) is 9.58. The number of hydrogen-bond donors (Lipinski definition) is 0. The second-order valence-electron chi connectivity index (χ2n) is 3.12. The van der Waals surface area contributed by atoms with Crippen molar-refractivity contribution in [2.45, 2.75) is 0 Å². The third kappa shape index (κ3) is 1.66. The van der Waals surface area contributed by atoms with E-state index in [1.807, 2.05) is 22.7 Å². The minimum atomic E-state index is -0.335. The molecular formula is C11H11NO3. The van der Waals surface area contributed by atoms with Gasteiger partial charge in [-0.1, -0.05) is 0 Å². The number of esters is 1. The molecule has 0 fully saturated rings. The SMILES string of the molecule is COC(=O)c1cc2ccc(OC)cn2c1. The van der Waals surface area contributed by atoms with Gasteiger partial charge in [0.2, 0.25) is 0 Å². The molecule has 0 aliphatic rings. The maximum atomic E-state index is 11.3. The lowest BCUT2D eigenvalue weighted by molar-refractivity contribution is 0.0601. The molecule has 2 rings (SSSR count). The van der Waals surface area contributed by atoms with E-state index in [1.165, 1.54) is 7.11 Å². The van der Waals surface area contributed by atoms with E-state index >= 15 is 0 Å². The summed E-state index contributed by atoms with van der Waals surface area (Å²) in [6.45, 7) is 0. The summed E-state index contributed by atoms with van der Waals surface area (Å²) in [5.41, 5.74) is 1.46. The summed E-state index contributed by atoms with van der Waals surface area (Å²) >= 11 is 0. The Morgan fingerprint density at radius 3 is 2.73 bits per heavy atom. The minimum Gasteiger partial charge on any atom is -0.495 e. The molecule has 0 aliphatic carbocycles. The molecule has 0 saturated heterocycles. The van der Waals surface area contributed by atoms with E-state index < -0.39 is 0 Å². The van der Waals surface area contributed by atoms with E-state index in [-0.39, 0.29) is 5.97 Å². The Hall–Kier alpha value is -1.97. The number of carbonyl (C=O) groups excluding carboxylic acids is 1. The largest absolute Gasteiger partial charge is 0.495 e. The first-order valence-corrected chi connectivity index (χ1v) is 4.48. The average molecular weight is 205 g/mol. The van der Waals surface area contributed by atoms with Crippen LogP contribution in [0.3, 0.4) is 0 Å². The lowest BCUT2D eigenvalue weighted by Crippen LogP contribution is -1.98. The van der Waals surface area contributed by atoms with Crippen molar-refractivity contribution in [2.24, 2.45) is 0 Å². The molecule has 4 nitrogen and oxygen atoms in total. The Bertz CT molecular complexity index is 502. The van der Waals surface area contributed by atoms with Crippen LogP contribution in [-0.2, 0) is 4.74 Å². The van der Waals surface area contributed by atoms with Crippen LogP contribution in [-0.4, -0.2) is 24.6 Å². The molecule has 0 amide bonds. The zero-order chi connectivity index (χ0) is 10.8. The molecule has 0 radical (unpaired) electrons. The van der Waals surface area contributed by atoms with Crippen molar-refractivity contribution in [1.29, 1.82) is 0 Å². The van der Waals surface area contributed by atoms with Crippen molar-refractivity contribution in [3.63, 3.8) is 0 Å². The Labute approximate surface area is 87.0 Å². The number of aromatic nitrogens is 1. The highest BCUT2D eigenvalue weighted by atomic mass is 16.5. The number of carbonyl (C=O) groups is 1. The third-order valence-electron chi connectivity index (χ3n) is 2.22. The van der Waals surface area contributed by atoms with Gasteiger partial charge < -0.3 is 13.9 Å². The van der Waals surface area contributed by atoms with Gasteiger partial charge in [0, 0.05) is 11.7 Å². The molecule has 0 N–H and O–H groups in total. The van der Waals surface area contributed by atoms with Crippen molar-refractivity contribution in [3.05, 3.63) is 36.2 Å². The molecule has 4 heteroatoms. The molecule has 0 atom stereocenters. The van der Waals surface area contributed by atoms with Gasteiger partial charge in [0.05, 0.1) is 26.0 Å². The lowest BCUT2D eigenvalue weighted by atomic mass is 10.3. The van der Waals surface area contributed by atoms with E-state index in [0.717, 1.165) is 11.3 Å². The predicted molar refractivity (Wildman–Crippen MR) is 55.3 cm³/mol. The maximum absolute atomic E-state index is 11.3. The number of hydrogen-bond acceptors (Lipinski definition) is 3. The summed E-state index contributed by atoms with van der Waals surface area (Å²) in [6, 6.07) is 5.49. The number of ether oxygens (including phenoxy) is 2. The zero-order valence-corrected chi connectivity index (χ0v) is 8.56. The van der Waals surface area contributed by atoms with Gasteiger partial charge in [0.15, 0.2) is 0 Å². The van der Waals surface area contributed by atoms with Crippen LogP contribution >= 0.6 is 0 Å². The monoisotopic (exact) mass is 205 g/mol. The van der Waals surface area contributed by atoms with Crippen LogP contribution in [0.2, 0.25) is 0 Å². The Morgan fingerprint density at radius 2 is 2.07 bits per heavy atom. The highest BCUT2D eigenvalue weighted by Gasteiger charge is 2.08. The molecule has 2 aromatic rings. The van der Waals surface area contributed by atoms with Crippen LogP contribution in [0.1, 0.15) is 10.4 Å². The number of nitrogens with zero attached hydrogens (tertiary/aromatic N) is 1. The molecule has 78 valence electrons. The highest BCUT2D eigenvalue weighted by molar-refractivity contribution is 5.91. The number of rotatable bonds is 2. The third-order valence-corrected chi connectivity index (χ3v) is 2.22. The van der Waals surface area contributed by atoms with Crippen LogP contribution in [0, 0.1) is 0 Å². The Kier molecular flexibility index (Phi) is 2.33. The van der Waals surface area contributed by atoms with Crippen molar-refractivity contribution in [1.82, 2.24) is 4.40 Å². The first-order chi connectivity index (χ1) is 7.24. The summed E-state index contributed by atoms with van der Waals surface area (Å²) in [5.74, 6) is 0.409. The fourth-order valence-corrected chi connectivity index (χ4v) is 1.44. The first-order valence-electron chi connectivity index (χ1n) is 4.48. The average Bonchev–Trinajstić information content (AvgIpc) is 2.70. The van der Waals surface area contributed by atoms with Crippen LogP contribution < -0.4 is 4.74 Å². The van der Waals surface area contributed by atoms with Gasteiger partial charge in [0.25, 0.3) is 0 Å². The van der Waals surface area contributed by atoms with Gasteiger partial charge >= 0.3 is 5.97 Å². The van der Waals surface area contributed by atoms with Gasteiger partial charge in [0.1, 0.15) is 5.75 Å². The number of pyridine rings is 1. The van der Waals surface area contributed by atoms with E-state index in [0.29, 0.717) is 5.56 Å². The van der Waals surface area contributed by atoms with E-state index in [2.05, 4.69) is 4.74 Å². The fourth-order valence-electron chi connectivity index (χ4n) is 1.44. The molecule has 2 aromatic heterocycles. The smallest absolute Gasteiger partial charge is 0.339 e. The van der Waals surface area contributed by atoms with Gasteiger partial charge in [-0.25, -0.2) is 4.79 Å². The zero-order valence-electron chi connectivity index (χ0n) is 8.56. The van der Waals surface area contributed by atoms with E-state index in [9.17, 15) is 4.79 Å². The molecule has 0 saturated carbocycles. The van der Waals surface area contributed by atoms with Crippen molar-refractivity contribution < 1.29 is 14.3 Å². The van der Waals surface area contributed by atoms with Crippen molar-refractivity contribution >= 4 is 11.5 Å². The molecule has 0 bridgehead atoms. The summed E-state index contributed by atoms with van der Waals surface area (Å²) in [5, 5.41) is 0. The number of methoxy groups -OCH3 is 2. The minimum absolute atomic E-state index is 0.335. The molecule has 0 aromatic carbocycles. The molecule has 15 heavy (non-hydrogen) atoms. The standard InChI is InChI=1S/C11H11NO3/c1-14-10-4-3-9-5-8(11(13)15-2)6-12(9)7-10/h3-7H,1-2H3. The van der Waals surface area contributed by atoms with Crippen molar-refractivity contribution in [3.8, 4) is 5.75 Å². The Morgan fingerprint density at radius 1 is 1.27 bits per heavy atom. The summed E-state index contributed by atoms with van der Waals surface area (Å²) < 4.78 is 11.5. The molecule has 0 spiro atoms. The summed E-state index contributed by atoms with van der Waals surface area (Å²) in [6.07, 6.45) is 3.52. The van der Waals surface area contributed by atoms with E-state index in [4.69, 9.17) is 4.74 Å². The number of fused-ring (bicyclic) bond motifs is 1. The predicted octanol–water partition coefficient (Wildman–Crippen LogP) is 1.73. The van der Waals surface area contributed by atoms with Gasteiger partial charge in [-0.05, 0) is 18.2 Å². The molecule has 0 unspecified atom stereocenters. The van der Waals surface area contributed by atoms with Crippen LogP contribution in [0.15, 0.2) is 30.6 Å². The quantitative estimate of drug-likeness (QED) is 0.701. The normalized spacial score (nSPS) is 10.3. The second kappa shape index (κ2) is 3.65. The van der Waals surface area contributed by atoms with Gasteiger partial charge in [-0.3, -0.25) is 0 Å². The lowest BCUT2D eigenvalue weighted by Gasteiger charge is -1.99. The molecule has 2 heterocycles. The van der Waals surface area contributed by atoms with Gasteiger partial charge in [-0.15, -0.1) is 0 Å². The van der Waals surface area contributed by atoms with Crippen LogP contribution in [0.25, 0.3) is 5.52 Å². The summed E-state index contributed by atoms with van der Waals surface area (Å²) in [7, 11) is 2.97. The van der Waals surface area contributed by atoms with Crippen LogP contribution in [0.4, 0.5) is 0 Å². The maximum Gasteiger partial charge on any atom is 0.339 e. The van der Waals surface area contributed by atoms with Gasteiger partial charge in [-0.2, -0.15) is 0 Å². The molecular weight excluding hydrogens is 194 g/mol. The summed E-state index contributed by atoms with van der Waals surface area (Å²) in [4.78, 5) is 11.3. The van der Waals surface area contributed by atoms with Crippen molar-refractivity contribution in [2.75, 3.05) is 14.2 Å². The van der Waals surface area contributed by atoms with E-state index in [1.54, 1.807) is 19.4 Å².